The number of amides is 1. The summed E-state index contributed by atoms with van der Waals surface area (Å²) in [6, 6.07) is 5.74. The van der Waals surface area contributed by atoms with E-state index in [0.29, 0.717) is 0 Å². The number of carbonyl (C=O) groups is 1. The Bertz CT molecular complexity index is 424. The SMILES string of the molecule is Cc1c(Br)cccc1N(C)C(=O)OC(C)(C)C. The van der Waals surface area contributed by atoms with Crippen molar-refractivity contribution in [3.8, 4) is 0 Å². The number of benzene rings is 1. The predicted octanol–water partition coefficient (Wildman–Crippen LogP) is 4.13. The smallest absolute Gasteiger partial charge is 0.414 e. The van der Waals surface area contributed by atoms with Gasteiger partial charge >= 0.3 is 6.09 Å². The highest BCUT2D eigenvalue weighted by atomic mass is 79.9. The topological polar surface area (TPSA) is 29.5 Å². The minimum absolute atomic E-state index is 0.348. The molecule has 0 N–H and O–H groups in total. The highest BCUT2D eigenvalue weighted by Crippen LogP contribution is 2.27. The van der Waals surface area contributed by atoms with Crippen LogP contribution in [0.2, 0.25) is 0 Å². The Morgan fingerprint density at radius 2 is 1.94 bits per heavy atom. The second kappa shape index (κ2) is 5.08. The fourth-order valence-corrected chi connectivity index (χ4v) is 1.74. The number of nitrogens with zero attached hydrogens (tertiary/aromatic N) is 1. The first kappa shape index (κ1) is 14.0. The maximum Gasteiger partial charge on any atom is 0.414 e. The second-order valence-electron chi connectivity index (χ2n) is 4.92. The van der Waals surface area contributed by atoms with Crippen molar-refractivity contribution >= 4 is 27.7 Å². The van der Waals surface area contributed by atoms with Gasteiger partial charge in [-0.1, -0.05) is 22.0 Å². The van der Waals surface area contributed by atoms with Gasteiger partial charge < -0.3 is 4.74 Å². The lowest BCUT2D eigenvalue weighted by Gasteiger charge is -2.25. The van der Waals surface area contributed by atoms with E-state index in [1.807, 2.05) is 45.9 Å². The molecule has 0 aliphatic rings. The van der Waals surface area contributed by atoms with Crippen LogP contribution >= 0.6 is 15.9 Å². The fourth-order valence-electron chi connectivity index (χ4n) is 1.39. The van der Waals surface area contributed by atoms with E-state index in [1.54, 1.807) is 7.05 Å². The Labute approximate surface area is 111 Å². The third kappa shape index (κ3) is 3.73. The van der Waals surface area contributed by atoms with Gasteiger partial charge in [0.2, 0.25) is 0 Å². The minimum atomic E-state index is -0.481. The number of anilines is 1. The molecule has 3 nitrogen and oxygen atoms in total. The van der Waals surface area contributed by atoms with E-state index >= 15 is 0 Å². The summed E-state index contributed by atoms with van der Waals surface area (Å²) in [7, 11) is 1.71. The van der Waals surface area contributed by atoms with E-state index in [0.717, 1.165) is 15.7 Å². The molecule has 0 aliphatic heterocycles. The molecular formula is C13H18BrNO2. The van der Waals surface area contributed by atoms with Crippen LogP contribution in [-0.4, -0.2) is 18.7 Å². The largest absolute Gasteiger partial charge is 0.443 e. The van der Waals surface area contributed by atoms with Crippen molar-refractivity contribution in [3.63, 3.8) is 0 Å². The molecule has 0 aromatic heterocycles. The van der Waals surface area contributed by atoms with Crippen LogP contribution in [0.4, 0.5) is 10.5 Å². The third-order valence-electron chi connectivity index (χ3n) is 2.27. The molecule has 0 bridgehead atoms. The summed E-state index contributed by atoms with van der Waals surface area (Å²) in [4.78, 5) is 13.4. The third-order valence-corrected chi connectivity index (χ3v) is 3.13. The van der Waals surface area contributed by atoms with Gasteiger partial charge in [-0.15, -0.1) is 0 Å². The van der Waals surface area contributed by atoms with Gasteiger partial charge in [-0.2, -0.15) is 0 Å². The lowest BCUT2D eigenvalue weighted by Crippen LogP contribution is -2.34. The molecular weight excluding hydrogens is 282 g/mol. The number of hydrogen-bond donors (Lipinski definition) is 0. The van der Waals surface area contributed by atoms with Crippen molar-refractivity contribution < 1.29 is 9.53 Å². The summed E-state index contributed by atoms with van der Waals surface area (Å²) in [6.45, 7) is 7.52. The summed E-state index contributed by atoms with van der Waals surface area (Å²) < 4.78 is 6.30. The molecule has 0 saturated carbocycles. The Hall–Kier alpha value is -1.03. The molecule has 1 amide bonds. The zero-order valence-electron chi connectivity index (χ0n) is 10.9. The molecule has 0 heterocycles. The standard InChI is InChI=1S/C13H18BrNO2/c1-9-10(14)7-6-8-11(9)15(5)12(16)17-13(2,3)4/h6-8H,1-5H3. The maximum atomic E-state index is 11.9. The van der Waals surface area contributed by atoms with Crippen LogP contribution in [0, 0.1) is 6.92 Å². The molecule has 1 aromatic carbocycles. The lowest BCUT2D eigenvalue weighted by molar-refractivity contribution is 0.0589. The van der Waals surface area contributed by atoms with E-state index in [9.17, 15) is 4.79 Å². The van der Waals surface area contributed by atoms with E-state index in [1.165, 1.54) is 4.90 Å². The lowest BCUT2D eigenvalue weighted by atomic mass is 10.2. The highest BCUT2D eigenvalue weighted by molar-refractivity contribution is 9.10. The Balaban J connectivity index is 2.93. The zero-order valence-corrected chi connectivity index (χ0v) is 12.5. The van der Waals surface area contributed by atoms with Crippen LogP contribution < -0.4 is 4.90 Å². The molecule has 1 rings (SSSR count). The van der Waals surface area contributed by atoms with Crippen LogP contribution in [0.3, 0.4) is 0 Å². The van der Waals surface area contributed by atoms with Crippen LogP contribution in [0.5, 0.6) is 0 Å². The van der Waals surface area contributed by atoms with Gasteiger partial charge in [-0.25, -0.2) is 4.79 Å². The first-order valence-corrected chi connectivity index (χ1v) is 6.23. The van der Waals surface area contributed by atoms with Crippen molar-refractivity contribution in [1.29, 1.82) is 0 Å². The van der Waals surface area contributed by atoms with E-state index in [4.69, 9.17) is 4.74 Å². The normalized spacial score (nSPS) is 11.2. The van der Waals surface area contributed by atoms with Gasteiger partial charge in [0, 0.05) is 11.5 Å². The predicted molar refractivity (Wildman–Crippen MR) is 73.5 cm³/mol. The molecule has 17 heavy (non-hydrogen) atoms. The van der Waals surface area contributed by atoms with Gasteiger partial charge in [-0.05, 0) is 45.4 Å². The van der Waals surface area contributed by atoms with Crippen molar-refractivity contribution in [2.24, 2.45) is 0 Å². The quantitative estimate of drug-likeness (QED) is 0.780. The Kier molecular flexibility index (Phi) is 4.20. The van der Waals surface area contributed by atoms with Gasteiger partial charge in [0.05, 0.1) is 5.69 Å². The summed E-state index contributed by atoms with van der Waals surface area (Å²) in [5.41, 5.74) is 1.38. The van der Waals surface area contributed by atoms with Gasteiger partial charge in [-0.3, -0.25) is 4.90 Å². The number of rotatable bonds is 1. The Morgan fingerprint density at radius 1 is 1.35 bits per heavy atom. The Morgan fingerprint density at radius 3 is 2.47 bits per heavy atom. The number of carbonyl (C=O) groups excluding carboxylic acids is 1. The fraction of sp³-hybridized carbons (Fsp3) is 0.462. The zero-order chi connectivity index (χ0) is 13.2. The van der Waals surface area contributed by atoms with Crippen molar-refractivity contribution in [1.82, 2.24) is 0 Å². The van der Waals surface area contributed by atoms with E-state index in [2.05, 4.69) is 15.9 Å². The molecule has 0 radical (unpaired) electrons. The van der Waals surface area contributed by atoms with Crippen molar-refractivity contribution in [2.45, 2.75) is 33.3 Å². The van der Waals surface area contributed by atoms with Crippen molar-refractivity contribution in [2.75, 3.05) is 11.9 Å². The molecule has 0 atom stereocenters. The molecule has 0 saturated heterocycles. The molecule has 4 heteroatoms. The number of hydrogen-bond acceptors (Lipinski definition) is 2. The van der Waals surface area contributed by atoms with Crippen molar-refractivity contribution in [3.05, 3.63) is 28.2 Å². The van der Waals surface area contributed by atoms with Gasteiger partial charge in [0.25, 0.3) is 0 Å². The first-order valence-electron chi connectivity index (χ1n) is 5.44. The second-order valence-corrected chi connectivity index (χ2v) is 5.78. The molecule has 0 unspecified atom stereocenters. The van der Waals surface area contributed by atoms with Crippen LogP contribution in [0.1, 0.15) is 26.3 Å². The summed E-state index contributed by atoms with van der Waals surface area (Å²) in [6.07, 6.45) is -0.348. The van der Waals surface area contributed by atoms with E-state index in [-0.39, 0.29) is 6.09 Å². The average Bonchev–Trinajstić information content (AvgIpc) is 2.18. The van der Waals surface area contributed by atoms with E-state index < -0.39 is 5.60 Å². The van der Waals surface area contributed by atoms with Crippen LogP contribution in [-0.2, 0) is 4.74 Å². The summed E-state index contributed by atoms with van der Waals surface area (Å²) in [5.74, 6) is 0. The number of ether oxygens (including phenoxy) is 1. The van der Waals surface area contributed by atoms with Crippen LogP contribution in [0.15, 0.2) is 22.7 Å². The van der Waals surface area contributed by atoms with Gasteiger partial charge in [0.15, 0.2) is 0 Å². The monoisotopic (exact) mass is 299 g/mol. The first-order chi connectivity index (χ1) is 7.72. The maximum absolute atomic E-state index is 11.9. The molecule has 94 valence electrons. The molecule has 0 spiro atoms. The minimum Gasteiger partial charge on any atom is -0.443 e. The molecule has 1 aromatic rings. The average molecular weight is 300 g/mol. The summed E-state index contributed by atoms with van der Waals surface area (Å²) >= 11 is 3.45. The summed E-state index contributed by atoms with van der Waals surface area (Å²) in [5, 5.41) is 0. The molecule has 0 aliphatic carbocycles. The highest BCUT2D eigenvalue weighted by Gasteiger charge is 2.21. The molecule has 0 fully saturated rings. The number of halogens is 1. The van der Waals surface area contributed by atoms with Gasteiger partial charge in [0.1, 0.15) is 5.60 Å². The van der Waals surface area contributed by atoms with Crippen LogP contribution in [0.25, 0.3) is 0 Å².